The Bertz CT molecular complexity index is 879. The van der Waals surface area contributed by atoms with Crippen molar-refractivity contribution in [3.63, 3.8) is 0 Å². The minimum atomic E-state index is -1.18. The van der Waals surface area contributed by atoms with Crippen LogP contribution in [0.2, 0.25) is 5.02 Å². The van der Waals surface area contributed by atoms with Crippen molar-refractivity contribution in [2.24, 2.45) is 0 Å². The number of halogens is 3. The molecule has 2 heterocycles. The van der Waals surface area contributed by atoms with Crippen LogP contribution in [-0.4, -0.2) is 25.7 Å². The van der Waals surface area contributed by atoms with Crippen molar-refractivity contribution in [2.75, 3.05) is 0 Å². The number of aromatic nitrogens is 3. The zero-order valence-corrected chi connectivity index (χ0v) is 11.0. The fourth-order valence-electron chi connectivity index (χ4n) is 1.90. The molecule has 0 bridgehead atoms. The normalized spacial score (nSPS) is 11.0. The molecule has 0 radical (unpaired) electrons. The van der Waals surface area contributed by atoms with Crippen LogP contribution >= 0.6 is 11.6 Å². The monoisotopic (exact) mass is 309 g/mol. The Morgan fingerprint density at radius 1 is 1.19 bits per heavy atom. The van der Waals surface area contributed by atoms with Gasteiger partial charge in [0.05, 0.1) is 10.6 Å². The van der Waals surface area contributed by atoms with E-state index in [1.54, 1.807) is 0 Å². The lowest BCUT2D eigenvalue weighted by Gasteiger charge is -2.03. The lowest BCUT2D eigenvalue weighted by atomic mass is 10.2. The first kappa shape index (κ1) is 13.4. The minimum Gasteiger partial charge on any atom is -0.478 e. The SMILES string of the molecule is O=C(O)c1cc(Cl)c2nnc(-c3ccc(F)c(F)c3)n2c1. The average molecular weight is 310 g/mol. The van der Waals surface area contributed by atoms with Crippen LogP contribution in [0, 0.1) is 11.6 Å². The predicted molar refractivity (Wildman–Crippen MR) is 70.3 cm³/mol. The highest BCUT2D eigenvalue weighted by Gasteiger charge is 2.15. The molecule has 0 amide bonds. The smallest absolute Gasteiger partial charge is 0.337 e. The number of fused-ring (bicyclic) bond motifs is 1. The van der Waals surface area contributed by atoms with Crippen LogP contribution in [0.3, 0.4) is 0 Å². The topological polar surface area (TPSA) is 67.5 Å². The Morgan fingerprint density at radius 2 is 1.95 bits per heavy atom. The summed E-state index contributed by atoms with van der Waals surface area (Å²) in [7, 11) is 0. The van der Waals surface area contributed by atoms with E-state index in [2.05, 4.69) is 10.2 Å². The van der Waals surface area contributed by atoms with E-state index < -0.39 is 17.6 Å². The molecular weight excluding hydrogens is 304 g/mol. The van der Waals surface area contributed by atoms with Gasteiger partial charge in [-0.05, 0) is 24.3 Å². The lowest BCUT2D eigenvalue weighted by Crippen LogP contribution is -2.00. The number of hydrogen-bond acceptors (Lipinski definition) is 3. The first-order valence-electron chi connectivity index (χ1n) is 5.70. The number of benzene rings is 1. The standard InChI is InChI=1S/C13H6ClF2N3O2/c14-8-3-7(13(20)21)5-19-11(17-18-12(8)19)6-1-2-9(15)10(16)4-6/h1-5H,(H,20,21). The molecule has 3 rings (SSSR count). The van der Waals surface area contributed by atoms with Crippen molar-refractivity contribution in [1.82, 2.24) is 14.6 Å². The third kappa shape index (κ3) is 2.21. The van der Waals surface area contributed by atoms with Crippen molar-refractivity contribution in [3.8, 4) is 11.4 Å². The number of pyridine rings is 1. The van der Waals surface area contributed by atoms with E-state index in [1.165, 1.54) is 22.7 Å². The second-order valence-electron chi connectivity index (χ2n) is 4.23. The van der Waals surface area contributed by atoms with Crippen molar-refractivity contribution < 1.29 is 18.7 Å². The maximum absolute atomic E-state index is 13.3. The third-order valence-corrected chi connectivity index (χ3v) is 3.16. The summed E-state index contributed by atoms with van der Waals surface area (Å²) in [6.07, 6.45) is 1.26. The van der Waals surface area contributed by atoms with E-state index in [1.807, 2.05) is 0 Å². The molecule has 0 saturated heterocycles. The molecule has 8 heteroatoms. The maximum Gasteiger partial charge on any atom is 0.337 e. The number of hydrogen-bond donors (Lipinski definition) is 1. The number of aromatic carboxylic acids is 1. The van der Waals surface area contributed by atoms with Gasteiger partial charge >= 0.3 is 5.97 Å². The van der Waals surface area contributed by atoms with Crippen LogP contribution in [0.15, 0.2) is 30.5 Å². The predicted octanol–water partition coefficient (Wildman–Crippen LogP) is 3.03. The summed E-state index contributed by atoms with van der Waals surface area (Å²) in [5.41, 5.74) is 0.400. The summed E-state index contributed by atoms with van der Waals surface area (Å²) in [4.78, 5) is 11.0. The summed E-state index contributed by atoms with van der Waals surface area (Å²) in [6.45, 7) is 0. The maximum atomic E-state index is 13.3. The molecule has 0 atom stereocenters. The van der Waals surface area contributed by atoms with Gasteiger partial charge in [0.1, 0.15) is 0 Å². The highest BCUT2D eigenvalue weighted by Crippen LogP contribution is 2.25. The molecule has 0 saturated carbocycles. The number of rotatable bonds is 2. The van der Waals surface area contributed by atoms with E-state index >= 15 is 0 Å². The number of carboxylic acid groups (broad SMARTS) is 1. The largest absolute Gasteiger partial charge is 0.478 e. The van der Waals surface area contributed by atoms with Crippen molar-refractivity contribution in [3.05, 3.63) is 52.7 Å². The van der Waals surface area contributed by atoms with Gasteiger partial charge in [0.25, 0.3) is 0 Å². The molecule has 1 N–H and O–H groups in total. The highest BCUT2D eigenvalue weighted by molar-refractivity contribution is 6.33. The second-order valence-corrected chi connectivity index (χ2v) is 4.64. The summed E-state index contributed by atoms with van der Waals surface area (Å²) in [5.74, 6) is -3.04. The van der Waals surface area contributed by atoms with E-state index in [9.17, 15) is 13.6 Å². The van der Waals surface area contributed by atoms with Gasteiger partial charge in [0.15, 0.2) is 23.1 Å². The summed E-state index contributed by atoms with van der Waals surface area (Å²) in [6, 6.07) is 4.46. The number of carbonyl (C=O) groups is 1. The van der Waals surface area contributed by atoms with Crippen molar-refractivity contribution in [1.29, 1.82) is 0 Å². The molecule has 0 fully saturated rings. The van der Waals surface area contributed by atoms with E-state index in [-0.39, 0.29) is 27.6 Å². The van der Waals surface area contributed by atoms with Gasteiger partial charge in [-0.1, -0.05) is 11.6 Å². The Balaban J connectivity index is 2.27. The zero-order chi connectivity index (χ0) is 15.1. The van der Waals surface area contributed by atoms with Gasteiger partial charge in [-0.2, -0.15) is 0 Å². The molecule has 2 aromatic heterocycles. The Hall–Kier alpha value is -2.54. The van der Waals surface area contributed by atoms with Crippen LogP contribution in [0.1, 0.15) is 10.4 Å². The molecule has 0 aliphatic rings. The van der Waals surface area contributed by atoms with Gasteiger partial charge < -0.3 is 5.11 Å². The lowest BCUT2D eigenvalue weighted by molar-refractivity contribution is 0.0696. The molecule has 0 aliphatic carbocycles. The van der Waals surface area contributed by atoms with Crippen LogP contribution in [-0.2, 0) is 0 Å². The quantitative estimate of drug-likeness (QED) is 0.790. The van der Waals surface area contributed by atoms with Gasteiger partial charge in [-0.25, -0.2) is 13.6 Å². The summed E-state index contributed by atoms with van der Waals surface area (Å²) < 4.78 is 27.6. The van der Waals surface area contributed by atoms with Gasteiger partial charge in [-0.15, -0.1) is 10.2 Å². The fraction of sp³-hybridized carbons (Fsp3) is 0. The van der Waals surface area contributed by atoms with E-state index in [4.69, 9.17) is 16.7 Å². The number of carboxylic acids is 1. The van der Waals surface area contributed by atoms with Crippen LogP contribution < -0.4 is 0 Å². The van der Waals surface area contributed by atoms with E-state index in [0.29, 0.717) is 0 Å². The Morgan fingerprint density at radius 3 is 2.62 bits per heavy atom. The minimum absolute atomic E-state index is 0.0730. The Labute approximate surface area is 121 Å². The van der Waals surface area contributed by atoms with Crippen molar-refractivity contribution in [2.45, 2.75) is 0 Å². The molecule has 21 heavy (non-hydrogen) atoms. The second kappa shape index (κ2) is 4.78. The molecule has 1 aromatic carbocycles. The summed E-state index contributed by atoms with van der Waals surface area (Å²) in [5, 5.41) is 16.8. The number of nitrogens with zero attached hydrogens (tertiary/aromatic N) is 3. The first-order valence-corrected chi connectivity index (χ1v) is 6.08. The van der Waals surface area contributed by atoms with Crippen molar-refractivity contribution >= 4 is 23.2 Å². The highest BCUT2D eigenvalue weighted by atomic mass is 35.5. The Kier molecular flexibility index (Phi) is 3.06. The van der Waals surface area contributed by atoms with Crippen LogP contribution in [0.25, 0.3) is 17.0 Å². The van der Waals surface area contributed by atoms with Crippen LogP contribution in [0.5, 0.6) is 0 Å². The molecular formula is C13H6ClF2N3O2. The molecule has 106 valence electrons. The zero-order valence-electron chi connectivity index (χ0n) is 10.2. The van der Waals surface area contributed by atoms with Gasteiger partial charge in [-0.3, -0.25) is 4.40 Å². The third-order valence-electron chi connectivity index (χ3n) is 2.88. The first-order chi connectivity index (χ1) is 9.97. The molecule has 3 aromatic rings. The molecule has 0 unspecified atom stereocenters. The fourth-order valence-corrected chi connectivity index (χ4v) is 2.15. The molecule has 0 spiro atoms. The average Bonchev–Trinajstić information content (AvgIpc) is 2.86. The van der Waals surface area contributed by atoms with Gasteiger partial charge in [0, 0.05) is 11.8 Å². The van der Waals surface area contributed by atoms with Gasteiger partial charge in [0.2, 0.25) is 0 Å². The molecule has 0 aliphatic heterocycles. The summed E-state index contributed by atoms with van der Waals surface area (Å²) >= 11 is 5.94. The van der Waals surface area contributed by atoms with E-state index in [0.717, 1.165) is 12.1 Å². The van der Waals surface area contributed by atoms with Crippen LogP contribution in [0.4, 0.5) is 8.78 Å². The molecule has 5 nitrogen and oxygen atoms in total.